The lowest BCUT2D eigenvalue weighted by Crippen LogP contribution is -2.17. The van der Waals surface area contributed by atoms with Gasteiger partial charge in [0.05, 0.1) is 18.9 Å². The lowest BCUT2D eigenvalue weighted by molar-refractivity contribution is -0.274. The number of aromatic nitrogens is 1. The molecule has 0 saturated carbocycles. The van der Waals surface area contributed by atoms with Crippen LogP contribution in [0.4, 0.5) is 19.0 Å². The highest BCUT2D eigenvalue weighted by Crippen LogP contribution is 2.22. The van der Waals surface area contributed by atoms with Crippen molar-refractivity contribution in [2.24, 2.45) is 0 Å². The SMILES string of the molecule is COC(=O)c1cccc(CNc2ccc(OC(F)(F)F)cn2)c1. The molecule has 23 heavy (non-hydrogen) atoms. The third kappa shape index (κ3) is 5.17. The molecule has 0 radical (unpaired) electrons. The Balaban J connectivity index is 1.97. The Bertz CT molecular complexity index is 672. The first-order chi connectivity index (χ1) is 10.9. The summed E-state index contributed by atoms with van der Waals surface area (Å²) >= 11 is 0. The Morgan fingerprint density at radius 3 is 2.65 bits per heavy atom. The van der Waals surface area contributed by atoms with Crippen molar-refractivity contribution in [3.63, 3.8) is 0 Å². The third-order valence-electron chi connectivity index (χ3n) is 2.79. The van der Waals surface area contributed by atoms with Gasteiger partial charge in [0.25, 0.3) is 0 Å². The summed E-state index contributed by atoms with van der Waals surface area (Å²) in [6, 6.07) is 9.30. The molecule has 2 rings (SSSR count). The van der Waals surface area contributed by atoms with Crippen LogP contribution in [0.1, 0.15) is 15.9 Å². The van der Waals surface area contributed by atoms with Gasteiger partial charge in [0, 0.05) is 6.54 Å². The van der Waals surface area contributed by atoms with E-state index in [1.54, 1.807) is 24.3 Å². The molecule has 0 atom stereocenters. The Morgan fingerprint density at radius 1 is 1.26 bits per heavy atom. The molecule has 1 aromatic heterocycles. The van der Waals surface area contributed by atoms with Crippen molar-refractivity contribution >= 4 is 11.8 Å². The van der Waals surface area contributed by atoms with Crippen LogP contribution < -0.4 is 10.1 Å². The molecule has 0 amide bonds. The molecule has 1 N–H and O–H groups in total. The molecule has 122 valence electrons. The highest BCUT2D eigenvalue weighted by atomic mass is 19.4. The van der Waals surface area contributed by atoms with Gasteiger partial charge in [-0.05, 0) is 29.8 Å². The topological polar surface area (TPSA) is 60.5 Å². The van der Waals surface area contributed by atoms with Crippen molar-refractivity contribution in [1.29, 1.82) is 0 Å². The molecular formula is C15H13F3N2O3. The van der Waals surface area contributed by atoms with Gasteiger partial charge >= 0.3 is 12.3 Å². The Labute approximate surface area is 130 Å². The van der Waals surface area contributed by atoms with Gasteiger partial charge in [0.1, 0.15) is 11.6 Å². The number of rotatable bonds is 5. The fourth-order valence-corrected chi connectivity index (χ4v) is 1.80. The number of ether oxygens (including phenoxy) is 2. The second-order valence-electron chi connectivity index (χ2n) is 4.47. The molecule has 1 heterocycles. The van der Waals surface area contributed by atoms with Crippen molar-refractivity contribution in [2.45, 2.75) is 12.9 Å². The van der Waals surface area contributed by atoms with E-state index in [2.05, 4.69) is 19.8 Å². The average molecular weight is 326 g/mol. The molecule has 0 bridgehead atoms. The van der Waals surface area contributed by atoms with Crippen LogP contribution in [0, 0.1) is 0 Å². The van der Waals surface area contributed by atoms with Gasteiger partial charge in [0.2, 0.25) is 0 Å². The van der Waals surface area contributed by atoms with Gasteiger partial charge in [0.15, 0.2) is 0 Å². The maximum absolute atomic E-state index is 12.0. The second kappa shape index (κ2) is 6.99. The first kappa shape index (κ1) is 16.6. The van der Waals surface area contributed by atoms with Crippen molar-refractivity contribution in [2.75, 3.05) is 12.4 Å². The molecule has 8 heteroatoms. The van der Waals surface area contributed by atoms with E-state index in [1.807, 2.05) is 0 Å². The van der Waals surface area contributed by atoms with Crippen LogP contribution in [0.3, 0.4) is 0 Å². The molecule has 1 aromatic carbocycles. The largest absolute Gasteiger partial charge is 0.573 e. The van der Waals surface area contributed by atoms with Crippen molar-refractivity contribution in [1.82, 2.24) is 4.98 Å². The molecule has 0 aliphatic heterocycles. The number of nitrogens with one attached hydrogen (secondary N) is 1. The summed E-state index contributed by atoms with van der Waals surface area (Å²) in [6.07, 6.45) is -3.77. The lowest BCUT2D eigenvalue weighted by Gasteiger charge is -2.10. The highest BCUT2D eigenvalue weighted by Gasteiger charge is 2.31. The zero-order valence-corrected chi connectivity index (χ0v) is 12.1. The standard InChI is InChI=1S/C15H13F3N2O3/c1-22-14(21)11-4-2-3-10(7-11)8-19-13-6-5-12(9-20-13)23-15(16,17)18/h2-7,9H,8H2,1H3,(H,19,20). The summed E-state index contributed by atoms with van der Waals surface area (Å²) in [4.78, 5) is 15.3. The van der Waals surface area contributed by atoms with E-state index in [4.69, 9.17) is 0 Å². The van der Waals surface area contributed by atoms with Gasteiger partial charge in [-0.1, -0.05) is 12.1 Å². The van der Waals surface area contributed by atoms with E-state index < -0.39 is 18.1 Å². The second-order valence-corrected chi connectivity index (χ2v) is 4.47. The summed E-state index contributed by atoms with van der Waals surface area (Å²) < 4.78 is 44.5. The number of anilines is 1. The van der Waals surface area contributed by atoms with E-state index in [0.29, 0.717) is 17.9 Å². The normalized spacial score (nSPS) is 11.0. The van der Waals surface area contributed by atoms with Gasteiger partial charge in [-0.15, -0.1) is 13.2 Å². The molecular weight excluding hydrogens is 313 g/mol. The van der Waals surface area contributed by atoms with Crippen LogP contribution in [0.2, 0.25) is 0 Å². The first-order valence-corrected chi connectivity index (χ1v) is 6.50. The summed E-state index contributed by atoms with van der Waals surface area (Å²) in [6.45, 7) is 0.345. The Morgan fingerprint density at radius 2 is 2.04 bits per heavy atom. The zero-order valence-electron chi connectivity index (χ0n) is 12.1. The molecule has 0 aliphatic rings. The number of hydrogen-bond donors (Lipinski definition) is 1. The predicted molar refractivity (Wildman–Crippen MR) is 76.0 cm³/mol. The quantitative estimate of drug-likeness (QED) is 0.854. The molecule has 0 saturated heterocycles. The molecule has 0 spiro atoms. The maximum atomic E-state index is 12.0. The smallest absolute Gasteiger partial charge is 0.465 e. The monoisotopic (exact) mass is 326 g/mol. The first-order valence-electron chi connectivity index (χ1n) is 6.50. The third-order valence-corrected chi connectivity index (χ3v) is 2.79. The van der Waals surface area contributed by atoms with Crippen LogP contribution in [0.15, 0.2) is 42.6 Å². The number of nitrogens with zero attached hydrogens (tertiary/aromatic N) is 1. The number of alkyl halides is 3. The fourth-order valence-electron chi connectivity index (χ4n) is 1.80. The van der Waals surface area contributed by atoms with Gasteiger partial charge in [-0.25, -0.2) is 9.78 Å². The summed E-state index contributed by atoms with van der Waals surface area (Å²) in [5.74, 6) is -0.461. The lowest BCUT2D eigenvalue weighted by atomic mass is 10.1. The van der Waals surface area contributed by atoms with Crippen molar-refractivity contribution in [3.05, 3.63) is 53.7 Å². The Kier molecular flexibility index (Phi) is 5.05. The van der Waals surface area contributed by atoms with E-state index in [1.165, 1.54) is 13.2 Å². The van der Waals surface area contributed by atoms with Gasteiger partial charge < -0.3 is 14.8 Å². The summed E-state index contributed by atoms with van der Waals surface area (Å²) in [5, 5.41) is 2.94. The number of hydrogen-bond acceptors (Lipinski definition) is 5. The number of carbonyl (C=O) groups excluding carboxylic acids is 1. The number of benzene rings is 1. The number of halogens is 3. The fraction of sp³-hybridized carbons (Fsp3) is 0.200. The van der Waals surface area contributed by atoms with Crippen LogP contribution >= 0.6 is 0 Å². The predicted octanol–water partition coefficient (Wildman–Crippen LogP) is 3.38. The molecule has 0 aliphatic carbocycles. The summed E-state index contributed by atoms with van der Waals surface area (Å²) in [5.41, 5.74) is 1.21. The van der Waals surface area contributed by atoms with E-state index in [9.17, 15) is 18.0 Å². The minimum Gasteiger partial charge on any atom is -0.465 e. The summed E-state index contributed by atoms with van der Waals surface area (Å²) in [7, 11) is 1.29. The van der Waals surface area contributed by atoms with E-state index >= 15 is 0 Å². The number of methoxy groups -OCH3 is 1. The van der Waals surface area contributed by atoms with Crippen LogP contribution in [0.25, 0.3) is 0 Å². The minimum absolute atomic E-state index is 0.345. The molecule has 0 unspecified atom stereocenters. The maximum Gasteiger partial charge on any atom is 0.573 e. The van der Waals surface area contributed by atoms with Gasteiger partial charge in [-0.2, -0.15) is 0 Å². The van der Waals surface area contributed by atoms with Crippen molar-refractivity contribution < 1.29 is 27.4 Å². The van der Waals surface area contributed by atoms with Crippen LogP contribution in [-0.2, 0) is 11.3 Å². The molecule has 5 nitrogen and oxygen atoms in total. The number of esters is 1. The minimum atomic E-state index is -4.75. The van der Waals surface area contributed by atoms with Gasteiger partial charge in [-0.3, -0.25) is 0 Å². The average Bonchev–Trinajstić information content (AvgIpc) is 2.52. The Hall–Kier alpha value is -2.77. The molecule has 2 aromatic rings. The number of pyridine rings is 1. The van der Waals surface area contributed by atoms with E-state index in [-0.39, 0.29) is 0 Å². The highest BCUT2D eigenvalue weighted by molar-refractivity contribution is 5.89. The van der Waals surface area contributed by atoms with E-state index in [0.717, 1.165) is 17.8 Å². The molecule has 0 fully saturated rings. The zero-order chi connectivity index (χ0) is 16.9. The van der Waals surface area contributed by atoms with Crippen LogP contribution in [-0.4, -0.2) is 24.4 Å². The number of carbonyl (C=O) groups is 1. The van der Waals surface area contributed by atoms with Crippen LogP contribution in [0.5, 0.6) is 5.75 Å². The van der Waals surface area contributed by atoms with Crippen molar-refractivity contribution in [3.8, 4) is 5.75 Å².